The molecule has 9 atom stereocenters. The van der Waals surface area contributed by atoms with E-state index in [1.807, 2.05) is 0 Å². The van der Waals surface area contributed by atoms with Crippen LogP contribution in [0, 0.1) is 0 Å². The van der Waals surface area contributed by atoms with Gasteiger partial charge in [0.05, 0.1) is 32.5 Å². The molecule has 4 aromatic rings. The number of H-pyrrole nitrogens is 1. The lowest BCUT2D eigenvalue weighted by Crippen LogP contribution is -2.45. The number of nitrogens with one attached hydrogen (secondary N) is 1. The number of phosphoric ester groups is 2. The van der Waals surface area contributed by atoms with Crippen molar-refractivity contribution >= 4 is 49.7 Å². The van der Waals surface area contributed by atoms with Gasteiger partial charge in [0.15, 0.2) is 35.1 Å². The molecule has 7 heterocycles. The Morgan fingerprint density at radius 1 is 1.00 bits per heavy atom. The number of hydrogen-bond donors (Lipinski definition) is 8. The summed E-state index contributed by atoms with van der Waals surface area (Å²) < 4.78 is 60.2. The average molecular weight is 704 g/mol. The Labute approximate surface area is 260 Å². The van der Waals surface area contributed by atoms with Crippen molar-refractivity contribution in [3.05, 3.63) is 29.3 Å². The standard InChI is InChI=1S/C21H26N10O14P2/c22-14-8-15(25-4-24-14)30(5-26-8)19-12-13(21(44-19,2-40-12)3-42-46(35,36)37)45-47(38,39)41-1-7-10(32)11(33)18(43-7)31-6-27-9-16(31)28-20(23)29-17(9)34/h4-7,10-13,18-19,32-33H,1-3H2,(H,38,39)(H2,22,24,25)(H2,35,36,37)(H3,23,28,29,34)/t7-,10+,11?,12?,13-,18-,19-,21-/m1/s1. The lowest BCUT2D eigenvalue weighted by Gasteiger charge is -2.31. The number of nitrogens with two attached hydrogens (primary N) is 2. The maximum absolute atomic E-state index is 13.3. The lowest BCUT2D eigenvalue weighted by atomic mass is 10.0. The van der Waals surface area contributed by atoms with Gasteiger partial charge in [0.2, 0.25) is 5.95 Å². The first kappa shape index (κ1) is 32.1. The molecule has 7 rings (SSSR count). The molecule has 0 spiro atoms. The normalized spacial score (nSPS) is 32.1. The van der Waals surface area contributed by atoms with E-state index < -0.39 is 83.0 Å². The summed E-state index contributed by atoms with van der Waals surface area (Å²) in [4.78, 5) is 63.9. The molecule has 4 aromatic heterocycles. The van der Waals surface area contributed by atoms with Gasteiger partial charge in [-0.25, -0.2) is 29.1 Å². The molecule has 3 aliphatic heterocycles. The Hall–Kier alpha value is -3.48. The van der Waals surface area contributed by atoms with Gasteiger partial charge in [0.25, 0.3) is 5.56 Å². The number of hydrogen-bond acceptors (Lipinski definition) is 18. The van der Waals surface area contributed by atoms with E-state index in [0.29, 0.717) is 0 Å². The van der Waals surface area contributed by atoms with Gasteiger partial charge in [-0.2, -0.15) is 4.98 Å². The van der Waals surface area contributed by atoms with E-state index in [9.17, 15) is 38.8 Å². The predicted molar refractivity (Wildman–Crippen MR) is 149 cm³/mol. The molecule has 0 radical (unpaired) electrons. The fourth-order valence-corrected chi connectivity index (χ4v) is 7.07. The number of ether oxygens (including phenoxy) is 3. The number of aliphatic hydroxyl groups excluding tert-OH is 2. The molecule has 24 nitrogen and oxygen atoms in total. The Morgan fingerprint density at radius 2 is 1.72 bits per heavy atom. The number of aromatic nitrogens is 8. The summed E-state index contributed by atoms with van der Waals surface area (Å²) in [6.45, 7) is -2.01. The Bertz CT molecular complexity index is 2000. The molecule has 3 aliphatic rings. The fraction of sp³-hybridized carbons (Fsp3) is 0.524. The van der Waals surface area contributed by atoms with Crippen LogP contribution in [0.4, 0.5) is 11.8 Å². The quantitative estimate of drug-likeness (QED) is 0.0763. The third-order valence-corrected chi connectivity index (χ3v) is 9.26. The van der Waals surface area contributed by atoms with Crippen LogP contribution in [0.15, 0.2) is 23.8 Å². The molecule has 2 bridgehead atoms. The van der Waals surface area contributed by atoms with Crippen molar-refractivity contribution in [1.82, 2.24) is 39.0 Å². The third-order valence-electron chi connectivity index (χ3n) is 7.82. The van der Waals surface area contributed by atoms with Crippen molar-refractivity contribution in [1.29, 1.82) is 0 Å². The van der Waals surface area contributed by atoms with E-state index in [1.165, 1.54) is 17.2 Å². The van der Waals surface area contributed by atoms with Crippen LogP contribution in [0.5, 0.6) is 0 Å². The first-order valence-corrected chi connectivity index (χ1v) is 16.5. The minimum absolute atomic E-state index is 0.0531. The monoisotopic (exact) mass is 704 g/mol. The highest BCUT2D eigenvalue weighted by atomic mass is 31.2. The Balaban J connectivity index is 1.10. The largest absolute Gasteiger partial charge is 0.472 e. The highest BCUT2D eigenvalue weighted by molar-refractivity contribution is 7.47. The summed E-state index contributed by atoms with van der Waals surface area (Å²) in [5, 5.41) is 21.3. The number of phosphoric acid groups is 2. The van der Waals surface area contributed by atoms with Gasteiger partial charge in [-0.15, -0.1) is 0 Å². The molecule has 3 unspecified atom stereocenters. The topological polar surface area (TPSA) is 350 Å². The van der Waals surface area contributed by atoms with E-state index in [4.69, 9.17) is 34.7 Å². The second-order valence-electron chi connectivity index (χ2n) is 10.8. The van der Waals surface area contributed by atoms with Crippen molar-refractivity contribution in [3.63, 3.8) is 0 Å². The van der Waals surface area contributed by atoms with Gasteiger partial charge < -0.3 is 50.6 Å². The van der Waals surface area contributed by atoms with Gasteiger partial charge in [0.1, 0.15) is 48.0 Å². The van der Waals surface area contributed by atoms with Crippen LogP contribution in [-0.2, 0) is 36.9 Å². The highest BCUT2D eigenvalue weighted by Gasteiger charge is 2.65. The van der Waals surface area contributed by atoms with Crippen molar-refractivity contribution < 1.29 is 61.8 Å². The van der Waals surface area contributed by atoms with Crippen molar-refractivity contribution in [2.24, 2.45) is 0 Å². The van der Waals surface area contributed by atoms with Crippen molar-refractivity contribution in [3.8, 4) is 0 Å². The molecule has 3 saturated heterocycles. The average Bonchev–Trinajstić information content (AvgIpc) is 3.80. The van der Waals surface area contributed by atoms with E-state index in [2.05, 4.69) is 34.4 Å². The predicted octanol–water partition coefficient (Wildman–Crippen LogP) is -2.98. The van der Waals surface area contributed by atoms with Gasteiger partial charge in [0, 0.05) is 0 Å². The minimum atomic E-state index is -5.12. The number of fused-ring (bicyclic) bond motifs is 4. The van der Waals surface area contributed by atoms with E-state index in [-0.39, 0.29) is 40.7 Å². The minimum Gasteiger partial charge on any atom is -0.387 e. The second-order valence-corrected chi connectivity index (χ2v) is 13.5. The number of rotatable bonds is 10. The van der Waals surface area contributed by atoms with E-state index in [0.717, 1.165) is 10.9 Å². The molecule has 0 saturated carbocycles. The summed E-state index contributed by atoms with van der Waals surface area (Å²) in [5.74, 6) is -0.188. The van der Waals surface area contributed by atoms with Crippen molar-refractivity contribution in [2.75, 3.05) is 31.3 Å². The van der Waals surface area contributed by atoms with Gasteiger partial charge >= 0.3 is 15.6 Å². The molecule has 0 aliphatic carbocycles. The van der Waals surface area contributed by atoms with Crippen LogP contribution in [-0.4, -0.2) is 120 Å². The van der Waals surface area contributed by atoms with Gasteiger partial charge in [-0.3, -0.25) is 32.5 Å². The van der Waals surface area contributed by atoms with Crippen LogP contribution in [0.3, 0.4) is 0 Å². The van der Waals surface area contributed by atoms with Crippen LogP contribution in [0.25, 0.3) is 22.3 Å². The fourth-order valence-electron chi connectivity index (χ4n) is 5.69. The van der Waals surface area contributed by atoms with E-state index in [1.54, 1.807) is 0 Å². The molecule has 254 valence electrons. The number of aromatic amines is 1. The van der Waals surface area contributed by atoms with Crippen LogP contribution < -0.4 is 17.0 Å². The molecule has 3 fully saturated rings. The van der Waals surface area contributed by atoms with Gasteiger partial charge in [-0.1, -0.05) is 0 Å². The summed E-state index contributed by atoms with van der Waals surface area (Å²) in [6.07, 6.45) is -6.35. The molecular weight excluding hydrogens is 678 g/mol. The van der Waals surface area contributed by atoms with Crippen LogP contribution in [0.1, 0.15) is 12.5 Å². The number of nitrogen functional groups attached to an aromatic ring is 2. The van der Waals surface area contributed by atoms with Gasteiger partial charge in [-0.05, 0) is 0 Å². The first-order chi connectivity index (χ1) is 22.2. The highest BCUT2D eigenvalue weighted by Crippen LogP contribution is 2.56. The summed E-state index contributed by atoms with van der Waals surface area (Å²) >= 11 is 0. The zero-order valence-electron chi connectivity index (χ0n) is 23.5. The SMILES string of the molecule is Nc1nc2c(ncn2[C@@H]2O[C@H](COP(=O)(O)O[C@@H]3C4OC[C@]3(COP(=O)(O)O)O[C@H]4n3cnc4c(N)ncnc43)[C@H](O)C2O)c(=O)[nH]1. The molecule has 26 heteroatoms. The maximum Gasteiger partial charge on any atom is 0.472 e. The number of anilines is 2. The summed E-state index contributed by atoms with van der Waals surface area (Å²) in [7, 11) is -10.2. The van der Waals surface area contributed by atoms with Crippen LogP contribution >= 0.6 is 15.6 Å². The summed E-state index contributed by atoms with van der Waals surface area (Å²) in [6, 6.07) is 0. The molecule has 0 amide bonds. The molecular formula is C21H26N10O14P2. The number of nitrogens with zero attached hydrogens (tertiary/aromatic N) is 7. The second kappa shape index (κ2) is 11.3. The lowest BCUT2D eigenvalue weighted by molar-refractivity contribution is -0.183. The Kier molecular flexibility index (Phi) is 7.72. The molecule has 47 heavy (non-hydrogen) atoms. The maximum atomic E-state index is 13.3. The molecule has 10 N–H and O–H groups in total. The summed E-state index contributed by atoms with van der Waals surface area (Å²) in [5.41, 5.74) is 9.20. The zero-order valence-corrected chi connectivity index (χ0v) is 25.3. The number of aliphatic hydroxyl groups is 2. The smallest absolute Gasteiger partial charge is 0.387 e. The van der Waals surface area contributed by atoms with E-state index >= 15 is 0 Å². The Morgan fingerprint density at radius 3 is 2.47 bits per heavy atom. The zero-order chi connectivity index (χ0) is 33.5. The van der Waals surface area contributed by atoms with Crippen molar-refractivity contribution in [2.45, 2.75) is 48.6 Å². The van der Waals surface area contributed by atoms with Crippen LogP contribution in [0.2, 0.25) is 0 Å². The number of imidazole rings is 2. The molecule has 0 aromatic carbocycles. The third kappa shape index (κ3) is 5.61. The first-order valence-electron chi connectivity index (χ1n) is 13.5.